The van der Waals surface area contributed by atoms with Crippen molar-refractivity contribution in [1.29, 1.82) is 0 Å². The van der Waals surface area contributed by atoms with Crippen molar-refractivity contribution in [3.05, 3.63) is 240 Å². The van der Waals surface area contributed by atoms with Gasteiger partial charge in [0.15, 0.2) is 0 Å². The average molecular weight is 1090 g/mol. The van der Waals surface area contributed by atoms with Crippen molar-refractivity contribution < 1.29 is 0 Å². The number of para-hydroxylation sites is 2. The van der Waals surface area contributed by atoms with Crippen LogP contribution in [0.2, 0.25) is 0 Å². The Hall–Kier alpha value is -8.60. The molecule has 0 saturated heterocycles. The van der Waals surface area contributed by atoms with E-state index in [9.17, 15) is 0 Å². The highest BCUT2D eigenvalue weighted by Crippen LogP contribution is 2.64. The van der Waals surface area contributed by atoms with Gasteiger partial charge in [-0.25, -0.2) is 0 Å². The van der Waals surface area contributed by atoms with Crippen LogP contribution in [0, 0.1) is 27.7 Å². The number of hydrogen-bond acceptors (Lipinski definition) is 4. The fourth-order valence-corrected chi connectivity index (χ4v) is 17.3. The molecule has 0 amide bonds. The maximum absolute atomic E-state index is 2.70. The standard InChI is InChI=1S/C80H74N4/c1-51-23-27-55-29-25-53(3)75(65(55)47-51)81(61-35-41-71-67(49-61)77(5)43-15-17-45-79(77,7)83(71)59-19-11-9-12-20-59)69-39-33-57-32-38-64-70(40-34-58-31-37-63(69)73(57)74(58)64)82(76-54(4)26-30-56-28-24-52(2)48-66(56)76)62-36-42-72-68(50-62)78(6)44-16-18-46-80(78,8)84(72)60-21-13-10-14-22-60/h9-14,19-42,47-50H,15-18,43-46H2,1-8H3. The quantitative estimate of drug-likeness (QED) is 0.141. The molecule has 12 aromatic carbocycles. The van der Waals surface area contributed by atoms with Crippen molar-refractivity contribution in [3.63, 3.8) is 0 Å². The molecule has 84 heavy (non-hydrogen) atoms. The van der Waals surface area contributed by atoms with Gasteiger partial charge >= 0.3 is 0 Å². The van der Waals surface area contributed by atoms with Gasteiger partial charge < -0.3 is 19.6 Å². The van der Waals surface area contributed by atoms with Gasteiger partial charge in [0.05, 0.1) is 33.8 Å². The van der Waals surface area contributed by atoms with Gasteiger partial charge in [0, 0.05) is 66.5 Å². The monoisotopic (exact) mass is 1090 g/mol. The fraction of sp³-hybridized carbons (Fsp3) is 0.250. The van der Waals surface area contributed by atoms with E-state index in [1.54, 1.807) is 0 Å². The van der Waals surface area contributed by atoms with Crippen LogP contribution in [-0.2, 0) is 10.8 Å². The molecule has 2 fully saturated rings. The zero-order chi connectivity index (χ0) is 57.0. The summed E-state index contributed by atoms with van der Waals surface area (Å²) in [6, 6.07) is 79.9. The summed E-state index contributed by atoms with van der Waals surface area (Å²) in [4.78, 5) is 10.7. The molecule has 4 unspecified atom stereocenters. The minimum atomic E-state index is -0.0659. The van der Waals surface area contributed by atoms with E-state index in [2.05, 4.69) is 281 Å². The highest BCUT2D eigenvalue weighted by Gasteiger charge is 2.59. The fourth-order valence-electron chi connectivity index (χ4n) is 17.3. The van der Waals surface area contributed by atoms with E-state index in [1.165, 1.54) is 170 Å². The molecule has 0 bridgehead atoms. The minimum Gasteiger partial charge on any atom is -0.334 e. The first-order valence-electron chi connectivity index (χ1n) is 31.1. The maximum atomic E-state index is 2.70. The van der Waals surface area contributed by atoms with Crippen LogP contribution >= 0.6 is 0 Å². The van der Waals surface area contributed by atoms with Gasteiger partial charge in [-0.15, -0.1) is 0 Å². The molecule has 4 heteroatoms. The Morgan fingerprint density at radius 2 is 0.726 bits per heavy atom. The first-order valence-corrected chi connectivity index (χ1v) is 31.1. The number of hydrogen-bond donors (Lipinski definition) is 0. The molecule has 414 valence electrons. The first kappa shape index (κ1) is 51.1. The van der Waals surface area contributed by atoms with Crippen LogP contribution in [0.1, 0.15) is 112 Å². The molecule has 4 nitrogen and oxygen atoms in total. The lowest BCUT2D eigenvalue weighted by atomic mass is 9.61. The second-order valence-corrected chi connectivity index (χ2v) is 26.5. The number of anilines is 10. The smallest absolute Gasteiger partial charge is 0.0569 e. The third-order valence-corrected chi connectivity index (χ3v) is 22.0. The molecule has 0 aromatic heterocycles. The van der Waals surface area contributed by atoms with E-state index in [4.69, 9.17) is 0 Å². The third kappa shape index (κ3) is 7.06. The van der Waals surface area contributed by atoms with Crippen molar-refractivity contribution in [2.75, 3.05) is 19.6 Å². The molecule has 0 N–H and O–H groups in total. The predicted octanol–water partition coefficient (Wildman–Crippen LogP) is 22.5. The topological polar surface area (TPSA) is 13.0 Å². The average Bonchev–Trinajstić information content (AvgIpc) is 1.53. The third-order valence-electron chi connectivity index (χ3n) is 22.0. The van der Waals surface area contributed by atoms with Gasteiger partial charge in [-0.1, -0.05) is 172 Å². The molecule has 2 heterocycles. The highest BCUT2D eigenvalue weighted by molar-refractivity contribution is 6.28. The Labute approximate surface area is 495 Å². The van der Waals surface area contributed by atoms with E-state index >= 15 is 0 Å². The van der Waals surface area contributed by atoms with Crippen LogP contribution in [0.15, 0.2) is 206 Å². The van der Waals surface area contributed by atoms with Gasteiger partial charge in [-0.3, -0.25) is 0 Å². The molecule has 2 aliphatic carbocycles. The van der Waals surface area contributed by atoms with Gasteiger partial charge in [0.25, 0.3) is 0 Å². The Morgan fingerprint density at radius 1 is 0.345 bits per heavy atom. The van der Waals surface area contributed by atoms with Gasteiger partial charge in [-0.05, 0) is 207 Å². The summed E-state index contributed by atoms with van der Waals surface area (Å²) in [5.41, 5.74) is 20.2. The zero-order valence-electron chi connectivity index (χ0n) is 50.1. The number of nitrogens with zero attached hydrogens (tertiary/aromatic N) is 4. The zero-order valence-corrected chi connectivity index (χ0v) is 50.1. The predicted molar refractivity (Wildman–Crippen MR) is 359 cm³/mol. The van der Waals surface area contributed by atoms with Gasteiger partial charge in [0.1, 0.15) is 0 Å². The lowest BCUT2D eigenvalue weighted by molar-refractivity contribution is 0.195. The Kier molecular flexibility index (Phi) is 11.2. The first-order chi connectivity index (χ1) is 40.8. The Bertz CT molecular complexity index is 4350. The SMILES string of the molecule is Cc1ccc2ccc(C)c(N(c3ccc4c(c3)C3(C)CCCCC3(C)N4c3ccccc3)c3ccc4ccc5c(N(c6ccc7c(c6)C6(C)CCCCC6(C)N7c6ccccc6)c6c(C)ccc7ccc(C)cc67)ccc6ccc3c4c65)c2c1. The molecule has 4 atom stereocenters. The van der Waals surface area contributed by atoms with E-state index in [1.807, 2.05) is 0 Å². The summed E-state index contributed by atoms with van der Waals surface area (Å²) in [5.74, 6) is 0. The molecular formula is C80H74N4. The summed E-state index contributed by atoms with van der Waals surface area (Å²) in [6.07, 6.45) is 9.55. The van der Waals surface area contributed by atoms with Crippen molar-refractivity contribution in [2.24, 2.45) is 0 Å². The van der Waals surface area contributed by atoms with E-state index in [0.717, 1.165) is 25.7 Å². The van der Waals surface area contributed by atoms with Crippen LogP contribution < -0.4 is 19.6 Å². The molecule has 0 radical (unpaired) electrons. The summed E-state index contributed by atoms with van der Waals surface area (Å²) in [5, 5.41) is 12.6. The molecule has 0 spiro atoms. The Balaban J connectivity index is 0.947. The van der Waals surface area contributed by atoms with Crippen LogP contribution in [0.25, 0.3) is 53.9 Å². The van der Waals surface area contributed by atoms with Crippen LogP contribution in [0.3, 0.4) is 0 Å². The molecule has 2 saturated carbocycles. The largest absolute Gasteiger partial charge is 0.334 e. The summed E-state index contributed by atoms with van der Waals surface area (Å²) in [7, 11) is 0. The highest BCUT2D eigenvalue weighted by atomic mass is 15.3. The van der Waals surface area contributed by atoms with E-state index in [0.29, 0.717) is 0 Å². The lowest BCUT2D eigenvalue weighted by Crippen LogP contribution is -2.54. The second kappa shape index (κ2) is 18.4. The van der Waals surface area contributed by atoms with Crippen molar-refractivity contribution in [3.8, 4) is 0 Å². The number of aryl methyl sites for hydroxylation is 4. The molecule has 2 aliphatic heterocycles. The van der Waals surface area contributed by atoms with Crippen molar-refractivity contribution in [1.82, 2.24) is 0 Å². The summed E-state index contributed by atoms with van der Waals surface area (Å²) < 4.78 is 0. The molecule has 12 aromatic rings. The van der Waals surface area contributed by atoms with E-state index < -0.39 is 0 Å². The van der Waals surface area contributed by atoms with Crippen LogP contribution in [0.4, 0.5) is 56.9 Å². The second-order valence-electron chi connectivity index (χ2n) is 26.5. The van der Waals surface area contributed by atoms with E-state index in [-0.39, 0.29) is 21.9 Å². The van der Waals surface area contributed by atoms with Gasteiger partial charge in [0.2, 0.25) is 0 Å². The normalized spacial score (nSPS) is 21.8. The van der Waals surface area contributed by atoms with Gasteiger partial charge in [-0.2, -0.15) is 0 Å². The molecule has 4 aliphatic rings. The molecular weight excluding hydrogens is 1020 g/mol. The van der Waals surface area contributed by atoms with Crippen molar-refractivity contribution >= 4 is 111 Å². The number of fused-ring (bicyclic) bond motifs is 8. The number of benzene rings is 12. The number of rotatable bonds is 8. The minimum absolute atomic E-state index is 0.0531. The van der Waals surface area contributed by atoms with Crippen LogP contribution in [-0.4, -0.2) is 11.1 Å². The summed E-state index contributed by atoms with van der Waals surface area (Å²) >= 11 is 0. The van der Waals surface area contributed by atoms with Crippen molar-refractivity contribution in [2.45, 2.75) is 129 Å². The maximum Gasteiger partial charge on any atom is 0.0569 e. The summed E-state index contributed by atoms with van der Waals surface area (Å²) in [6.45, 7) is 19.3. The molecule has 16 rings (SSSR count). The Morgan fingerprint density at radius 3 is 1.15 bits per heavy atom. The lowest BCUT2D eigenvalue weighted by Gasteiger charge is -2.50. The van der Waals surface area contributed by atoms with Crippen LogP contribution in [0.5, 0.6) is 0 Å².